The number of halogens is 1. The molecule has 3 aromatic rings. The van der Waals surface area contributed by atoms with Crippen LogP contribution in [0.2, 0.25) is 5.02 Å². The molecule has 0 saturated heterocycles. The van der Waals surface area contributed by atoms with Gasteiger partial charge in [-0.3, -0.25) is 14.5 Å². The first-order valence-corrected chi connectivity index (χ1v) is 18.4. The fraction of sp³-hybridized carbons (Fsp3) is 0.514. The Morgan fingerprint density at radius 3 is 2.72 bits per heavy atom. The molecular weight excluding hydrogens is 618 g/mol. The summed E-state index contributed by atoms with van der Waals surface area (Å²) in [6, 6.07) is 17.7. The van der Waals surface area contributed by atoms with E-state index >= 15 is 0 Å². The van der Waals surface area contributed by atoms with Gasteiger partial charge in [-0.1, -0.05) is 30.7 Å². The van der Waals surface area contributed by atoms with Crippen molar-refractivity contribution in [3.63, 3.8) is 0 Å². The Kier molecular flexibility index (Phi) is 8.66. The summed E-state index contributed by atoms with van der Waals surface area (Å²) < 4.78 is 22.8. The van der Waals surface area contributed by atoms with Crippen molar-refractivity contribution in [3.8, 4) is 5.75 Å². The largest absolute Gasteiger partial charge is 0.490 e. The van der Waals surface area contributed by atoms with E-state index in [1.165, 1.54) is 11.1 Å². The third-order valence-corrected chi connectivity index (χ3v) is 13.2. The second-order valence-corrected chi connectivity index (χ2v) is 16.2. The second-order valence-electron chi connectivity index (χ2n) is 14.2. The van der Waals surface area contributed by atoms with Gasteiger partial charge >= 0.3 is 0 Å². The van der Waals surface area contributed by atoms with Crippen LogP contribution >= 0.6 is 11.6 Å². The zero-order valence-electron chi connectivity index (χ0n) is 26.7. The van der Waals surface area contributed by atoms with Crippen LogP contribution in [0.5, 0.6) is 5.75 Å². The molecule has 7 atom stereocenters. The Hall–Kier alpha value is -2.94. The fourth-order valence-corrected chi connectivity index (χ4v) is 9.70. The Morgan fingerprint density at radius 1 is 1.07 bits per heavy atom. The average Bonchev–Trinajstić information content (AvgIpc) is 3.19. The average molecular weight is 662 g/mol. The van der Waals surface area contributed by atoms with Crippen LogP contribution in [0.15, 0.2) is 60.8 Å². The van der Waals surface area contributed by atoms with Crippen LogP contribution in [0, 0.1) is 17.8 Å². The lowest BCUT2D eigenvalue weighted by molar-refractivity contribution is -0.0979. The van der Waals surface area contributed by atoms with Gasteiger partial charge in [-0.05, 0) is 130 Å². The quantitative estimate of drug-likeness (QED) is 0.301. The van der Waals surface area contributed by atoms with Crippen molar-refractivity contribution in [2.24, 2.45) is 17.8 Å². The van der Waals surface area contributed by atoms with Crippen molar-refractivity contribution in [1.29, 1.82) is 0 Å². The summed E-state index contributed by atoms with van der Waals surface area (Å²) in [5, 5.41) is 13.1. The van der Waals surface area contributed by atoms with E-state index in [-0.39, 0.29) is 34.3 Å². The van der Waals surface area contributed by atoms with Crippen molar-refractivity contribution >= 4 is 34.2 Å². The van der Waals surface area contributed by atoms with Crippen LogP contribution in [0.25, 0.3) is 0 Å². The maximum Gasteiger partial charge on any atom is 0.263 e. The number of nitrogens with zero attached hydrogens (tertiary/aromatic N) is 2. The number of benzene rings is 2. The Balaban J connectivity index is 1.32. The molecule has 3 heterocycles. The normalized spacial score (nSPS) is 33.1. The van der Waals surface area contributed by atoms with Crippen LogP contribution in [-0.2, 0) is 28.4 Å². The first kappa shape index (κ1) is 31.6. The highest BCUT2D eigenvalue weighted by molar-refractivity contribution is 7.84. The summed E-state index contributed by atoms with van der Waals surface area (Å²) in [6.45, 7) is 5.99. The number of fused-ring (bicyclic) bond motifs is 4. The number of hydrogen-bond donors (Lipinski definition) is 2. The van der Waals surface area contributed by atoms with Crippen molar-refractivity contribution in [3.05, 3.63) is 88.2 Å². The molecule has 2 aliphatic carbocycles. The number of ether oxygens (including phenoxy) is 1. The smallest absolute Gasteiger partial charge is 0.263 e. The van der Waals surface area contributed by atoms with Gasteiger partial charge in [-0.2, -0.15) is 0 Å². The van der Waals surface area contributed by atoms with Crippen molar-refractivity contribution < 1.29 is 18.8 Å². The molecule has 46 heavy (non-hydrogen) atoms. The predicted molar refractivity (Wildman–Crippen MR) is 183 cm³/mol. The van der Waals surface area contributed by atoms with Crippen LogP contribution in [0.4, 0.5) is 5.69 Å². The standard InChI is InChI=1S/C37H44ClN3O4S/c1-24-7-5-17-37(43,34-9-3-4-18-39-34)31-13-10-28(31)21-41-22-36(16-6-8-26-19-29(38)12-14-30(26)36)23-45-33-15-11-27(20-32(33)41)35(42)40-46(44)25(24)2/h3-4,9,11-12,14-15,18-20,24-25,28,31,43H,5-8,10,13,16-17,21-23H2,1-2H3,(H,40,42)/t24?,25?,28?,31?,36-,37+,46?/m0/s1. The molecule has 1 amide bonds. The van der Waals surface area contributed by atoms with E-state index in [0.717, 1.165) is 80.2 Å². The molecule has 7 rings (SSSR count). The molecule has 2 bridgehead atoms. The van der Waals surface area contributed by atoms with Gasteiger partial charge in [0, 0.05) is 35.3 Å². The third kappa shape index (κ3) is 5.75. The summed E-state index contributed by atoms with van der Waals surface area (Å²) in [5.74, 6) is 0.784. The fourth-order valence-electron chi connectivity index (χ4n) is 8.46. The number of aliphatic hydroxyl groups is 1. The molecule has 1 spiro atoms. The van der Waals surface area contributed by atoms with Crippen molar-refractivity contribution in [2.75, 3.05) is 24.6 Å². The minimum atomic E-state index is -1.56. The summed E-state index contributed by atoms with van der Waals surface area (Å²) in [6.07, 6.45) is 8.89. The Labute approximate surface area is 279 Å². The summed E-state index contributed by atoms with van der Waals surface area (Å²) in [4.78, 5) is 20.6. The lowest BCUT2D eigenvalue weighted by atomic mass is 9.61. The van der Waals surface area contributed by atoms with Gasteiger partial charge in [0.15, 0.2) is 0 Å². The Bertz CT molecular complexity index is 1640. The number of aromatic nitrogens is 1. The van der Waals surface area contributed by atoms with Gasteiger partial charge in [0.25, 0.3) is 5.91 Å². The van der Waals surface area contributed by atoms with Crippen LogP contribution in [0.3, 0.4) is 0 Å². The number of carbonyl (C=O) groups excluding carboxylic acids is 1. The highest BCUT2D eigenvalue weighted by Crippen LogP contribution is 2.51. The van der Waals surface area contributed by atoms with Crippen molar-refractivity contribution in [1.82, 2.24) is 9.71 Å². The number of pyridine rings is 1. The SMILES string of the molecule is CC1CCC[C@](O)(c2ccccn2)C2CCC2CN2C[C@@]3(CCCc4cc(Cl)ccc43)COc3ccc(cc32)C(=O)NS(=O)C1C. The minimum Gasteiger partial charge on any atom is -0.490 e. The van der Waals surface area contributed by atoms with E-state index in [1.54, 1.807) is 12.3 Å². The van der Waals surface area contributed by atoms with Crippen LogP contribution in [-0.4, -0.2) is 45.2 Å². The number of anilines is 1. The summed E-state index contributed by atoms with van der Waals surface area (Å²) in [5.41, 5.74) is 3.33. The number of amides is 1. The molecule has 5 unspecified atom stereocenters. The zero-order chi connectivity index (χ0) is 32.1. The molecule has 1 fully saturated rings. The molecule has 2 aromatic carbocycles. The van der Waals surface area contributed by atoms with E-state index in [1.807, 2.05) is 43.3 Å². The van der Waals surface area contributed by atoms with Gasteiger partial charge in [0.2, 0.25) is 0 Å². The molecule has 1 saturated carbocycles. The predicted octanol–water partition coefficient (Wildman–Crippen LogP) is 6.72. The number of carbonyl (C=O) groups is 1. The van der Waals surface area contributed by atoms with Gasteiger partial charge in [-0.25, -0.2) is 4.21 Å². The lowest BCUT2D eigenvalue weighted by Crippen LogP contribution is -2.52. The highest BCUT2D eigenvalue weighted by atomic mass is 35.5. The maximum absolute atomic E-state index is 13.5. The van der Waals surface area contributed by atoms with Gasteiger partial charge in [0.1, 0.15) is 22.3 Å². The van der Waals surface area contributed by atoms with E-state index < -0.39 is 16.6 Å². The van der Waals surface area contributed by atoms with Crippen LogP contribution in [0.1, 0.15) is 86.0 Å². The maximum atomic E-state index is 13.5. The topological polar surface area (TPSA) is 91.8 Å². The highest BCUT2D eigenvalue weighted by Gasteiger charge is 2.50. The van der Waals surface area contributed by atoms with Crippen molar-refractivity contribution in [2.45, 2.75) is 81.5 Å². The van der Waals surface area contributed by atoms with Crippen LogP contribution < -0.4 is 14.4 Å². The van der Waals surface area contributed by atoms with Gasteiger partial charge in [0.05, 0.1) is 23.2 Å². The molecule has 1 aromatic heterocycles. The second kappa shape index (κ2) is 12.6. The summed E-state index contributed by atoms with van der Waals surface area (Å²) in [7, 11) is -1.56. The minimum absolute atomic E-state index is 0.0460. The third-order valence-electron chi connectivity index (χ3n) is 11.4. The first-order chi connectivity index (χ1) is 22.2. The van der Waals surface area contributed by atoms with E-state index in [0.29, 0.717) is 18.6 Å². The Morgan fingerprint density at radius 2 is 1.93 bits per heavy atom. The molecule has 0 radical (unpaired) electrons. The summed E-state index contributed by atoms with van der Waals surface area (Å²) >= 11 is 6.45. The number of hydrogen-bond acceptors (Lipinski definition) is 6. The van der Waals surface area contributed by atoms with E-state index in [9.17, 15) is 14.1 Å². The zero-order valence-corrected chi connectivity index (χ0v) is 28.3. The molecular formula is C37H44ClN3O4S. The molecule has 7 nitrogen and oxygen atoms in total. The number of rotatable bonds is 1. The molecule has 4 aliphatic rings. The monoisotopic (exact) mass is 661 g/mol. The van der Waals surface area contributed by atoms with Gasteiger partial charge < -0.3 is 14.7 Å². The molecule has 9 heteroatoms. The molecule has 2 N–H and O–H groups in total. The van der Waals surface area contributed by atoms with Gasteiger partial charge in [-0.15, -0.1) is 0 Å². The molecule has 2 aliphatic heterocycles. The first-order valence-electron chi connectivity index (χ1n) is 16.8. The number of aryl methyl sites for hydroxylation is 1. The lowest BCUT2D eigenvalue weighted by Gasteiger charge is -2.50. The van der Waals surface area contributed by atoms with E-state index in [2.05, 4.69) is 33.7 Å². The number of nitrogens with one attached hydrogen (secondary N) is 1. The molecule has 244 valence electrons. The van der Waals surface area contributed by atoms with E-state index in [4.69, 9.17) is 16.3 Å².